The zero-order valence-electron chi connectivity index (χ0n) is 12.0. The van der Waals surface area contributed by atoms with Crippen molar-refractivity contribution in [2.24, 2.45) is 0 Å². The van der Waals surface area contributed by atoms with E-state index in [1.165, 1.54) is 0 Å². The van der Waals surface area contributed by atoms with Crippen molar-refractivity contribution in [3.8, 4) is 11.8 Å². The van der Waals surface area contributed by atoms with Crippen LogP contribution >= 0.6 is 11.6 Å². The maximum atomic E-state index is 12.1. The van der Waals surface area contributed by atoms with E-state index in [0.29, 0.717) is 16.5 Å². The molecule has 0 spiro atoms. The fraction of sp³-hybridized carbons (Fsp3) is 0. The van der Waals surface area contributed by atoms with Crippen LogP contribution in [-0.2, 0) is 0 Å². The number of furan rings is 1. The van der Waals surface area contributed by atoms with Gasteiger partial charge in [-0.1, -0.05) is 35.7 Å². The molecule has 4 heteroatoms. The number of carbonyl (C=O) groups excluding carboxylic acids is 1. The summed E-state index contributed by atoms with van der Waals surface area (Å²) >= 11 is 5.81. The van der Waals surface area contributed by atoms with Gasteiger partial charge in [-0.2, -0.15) is 0 Å². The number of benzene rings is 2. The number of anilines is 1. The topological polar surface area (TPSA) is 42.2 Å². The van der Waals surface area contributed by atoms with E-state index in [0.717, 1.165) is 5.56 Å². The van der Waals surface area contributed by atoms with E-state index < -0.39 is 0 Å². The standard InChI is InChI=1S/C19H12ClNO2/c20-15-7-9-16(10-8-15)21-19(22)18-13-12-17(23-18)11-6-14-4-2-1-3-5-14/h1-5,7-10,12-13H,(H,21,22). The van der Waals surface area contributed by atoms with Crippen LogP contribution in [0.3, 0.4) is 0 Å². The first-order chi connectivity index (χ1) is 11.2. The van der Waals surface area contributed by atoms with Gasteiger partial charge < -0.3 is 9.73 Å². The van der Waals surface area contributed by atoms with Crippen molar-refractivity contribution in [2.75, 3.05) is 5.32 Å². The van der Waals surface area contributed by atoms with Gasteiger partial charge in [0.05, 0.1) is 0 Å². The van der Waals surface area contributed by atoms with E-state index >= 15 is 0 Å². The molecule has 1 heterocycles. The molecule has 0 aliphatic carbocycles. The summed E-state index contributed by atoms with van der Waals surface area (Å²) in [5, 5.41) is 3.34. The molecule has 0 unspecified atom stereocenters. The van der Waals surface area contributed by atoms with E-state index in [-0.39, 0.29) is 11.7 Å². The van der Waals surface area contributed by atoms with Gasteiger partial charge >= 0.3 is 0 Å². The molecular weight excluding hydrogens is 310 g/mol. The molecule has 2 aromatic carbocycles. The first kappa shape index (κ1) is 15.0. The molecule has 23 heavy (non-hydrogen) atoms. The molecule has 1 N–H and O–H groups in total. The highest BCUT2D eigenvalue weighted by Crippen LogP contribution is 2.15. The zero-order chi connectivity index (χ0) is 16.1. The minimum atomic E-state index is -0.333. The number of nitrogens with one attached hydrogen (secondary N) is 1. The Morgan fingerprint density at radius 2 is 1.65 bits per heavy atom. The van der Waals surface area contributed by atoms with Gasteiger partial charge in [-0.3, -0.25) is 4.79 Å². The lowest BCUT2D eigenvalue weighted by atomic mass is 10.2. The molecule has 1 aromatic heterocycles. The van der Waals surface area contributed by atoms with E-state index in [9.17, 15) is 4.79 Å². The molecule has 0 fully saturated rings. The quantitative estimate of drug-likeness (QED) is 0.702. The van der Waals surface area contributed by atoms with Gasteiger partial charge in [-0.25, -0.2) is 0 Å². The van der Waals surface area contributed by atoms with Crippen molar-refractivity contribution >= 4 is 23.2 Å². The predicted molar refractivity (Wildman–Crippen MR) is 90.5 cm³/mol. The number of halogens is 1. The SMILES string of the molecule is O=C(Nc1ccc(Cl)cc1)c1ccc(C#Cc2ccccc2)o1. The molecule has 3 rings (SSSR count). The summed E-state index contributed by atoms with van der Waals surface area (Å²) in [6, 6.07) is 19.7. The third kappa shape index (κ3) is 4.03. The number of hydrogen-bond acceptors (Lipinski definition) is 2. The van der Waals surface area contributed by atoms with Crippen LogP contribution in [-0.4, -0.2) is 5.91 Å². The minimum absolute atomic E-state index is 0.206. The van der Waals surface area contributed by atoms with Gasteiger partial charge in [0.25, 0.3) is 5.91 Å². The molecule has 0 atom stereocenters. The summed E-state index contributed by atoms with van der Waals surface area (Å²) in [5.74, 6) is 6.18. The van der Waals surface area contributed by atoms with Crippen LogP contribution < -0.4 is 5.32 Å². The fourth-order valence-electron chi connectivity index (χ4n) is 1.91. The fourth-order valence-corrected chi connectivity index (χ4v) is 2.03. The predicted octanol–water partition coefficient (Wildman–Crippen LogP) is 4.59. The summed E-state index contributed by atoms with van der Waals surface area (Å²) in [5.41, 5.74) is 1.53. The molecule has 3 nitrogen and oxygen atoms in total. The van der Waals surface area contributed by atoms with Crippen molar-refractivity contribution in [2.45, 2.75) is 0 Å². The summed E-state index contributed by atoms with van der Waals surface area (Å²) in [4.78, 5) is 12.1. The Bertz CT molecular complexity index is 871. The van der Waals surface area contributed by atoms with Crippen LogP contribution in [0.1, 0.15) is 21.9 Å². The molecule has 0 aliphatic heterocycles. The lowest BCUT2D eigenvalue weighted by molar-refractivity contribution is 0.0996. The van der Waals surface area contributed by atoms with Crippen LogP contribution in [0.15, 0.2) is 71.1 Å². The Morgan fingerprint density at radius 3 is 2.39 bits per heavy atom. The number of carbonyl (C=O) groups is 1. The lowest BCUT2D eigenvalue weighted by Gasteiger charge is -2.02. The van der Waals surface area contributed by atoms with Crippen LogP contribution in [0.2, 0.25) is 5.02 Å². The number of hydrogen-bond donors (Lipinski definition) is 1. The normalized spacial score (nSPS) is 9.78. The minimum Gasteiger partial charge on any atom is -0.443 e. The van der Waals surface area contributed by atoms with Crippen molar-refractivity contribution in [3.05, 3.63) is 88.8 Å². The Morgan fingerprint density at radius 1 is 0.913 bits per heavy atom. The molecule has 3 aromatic rings. The van der Waals surface area contributed by atoms with Gasteiger partial charge in [0, 0.05) is 16.3 Å². The van der Waals surface area contributed by atoms with Crippen molar-refractivity contribution in [1.82, 2.24) is 0 Å². The highest BCUT2D eigenvalue weighted by molar-refractivity contribution is 6.30. The molecule has 0 bridgehead atoms. The maximum absolute atomic E-state index is 12.1. The summed E-state index contributed by atoms with van der Waals surface area (Å²) < 4.78 is 5.45. The lowest BCUT2D eigenvalue weighted by Crippen LogP contribution is -2.10. The van der Waals surface area contributed by atoms with Crippen LogP contribution in [0.5, 0.6) is 0 Å². The molecule has 1 amide bonds. The average Bonchev–Trinajstić information content (AvgIpc) is 3.05. The summed E-state index contributed by atoms with van der Waals surface area (Å²) in [7, 11) is 0. The Hall–Kier alpha value is -2.96. The highest BCUT2D eigenvalue weighted by Gasteiger charge is 2.10. The molecule has 112 valence electrons. The van der Waals surface area contributed by atoms with Crippen molar-refractivity contribution < 1.29 is 9.21 Å². The summed E-state index contributed by atoms with van der Waals surface area (Å²) in [6.45, 7) is 0. The molecular formula is C19H12ClNO2. The Labute approximate surface area is 138 Å². The second-order valence-electron chi connectivity index (χ2n) is 4.74. The smallest absolute Gasteiger partial charge is 0.291 e. The molecule has 0 saturated carbocycles. The van der Waals surface area contributed by atoms with Gasteiger partial charge in [0.15, 0.2) is 11.5 Å². The van der Waals surface area contributed by atoms with E-state index in [4.69, 9.17) is 16.0 Å². The first-order valence-electron chi connectivity index (χ1n) is 6.94. The number of amides is 1. The van der Waals surface area contributed by atoms with E-state index in [1.54, 1.807) is 36.4 Å². The van der Waals surface area contributed by atoms with Gasteiger partial charge in [0.2, 0.25) is 0 Å². The van der Waals surface area contributed by atoms with Crippen LogP contribution in [0.25, 0.3) is 0 Å². The maximum Gasteiger partial charge on any atom is 0.291 e. The second kappa shape index (κ2) is 6.87. The second-order valence-corrected chi connectivity index (χ2v) is 5.18. The Balaban J connectivity index is 1.70. The third-order valence-corrected chi connectivity index (χ3v) is 3.29. The molecule has 0 aliphatic rings. The van der Waals surface area contributed by atoms with Crippen molar-refractivity contribution in [3.63, 3.8) is 0 Å². The van der Waals surface area contributed by atoms with Gasteiger partial charge in [0.1, 0.15) is 0 Å². The van der Waals surface area contributed by atoms with E-state index in [1.807, 2.05) is 30.3 Å². The van der Waals surface area contributed by atoms with Crippen molar-refractivity contribution in [1.29, 1.82) is 0 Å². The monoisotopic (exact) mass is 321 g/mol. The van der Waals surface area contributed by atoms with Gasteiger partial charge in [-0.05, 0) is 54.5 Å². The number of rotatable bonds is 2. The highest BCUT2D eigenvalue weighted by atomic mass is 35.5. The molecule has 0 saturated heterocycles. The van der Waals surface area contributed by atoms with Crippen LogP contribution in [0, 0.1) is 11.8 Å². The first-order valence-corrected chi connectivity index (χ1v) is 7.32. The summed E-state index contributed by atoms with van der Waals surface area (Å²) in [6.07, 6.45) is 0. The van der Waals surface area contributed by atoms with E-state index in [2.05, 4.69) is 17.2 Å². The molecule has 0 radical (unpaired) electrons. The largest absolute Gasteiger partial charge is 0.443 e. The zero-order valence-corrected chi connectivity index (χ0v) is 12.8. The van der Waals surface area contributed by atoms with Gasteiger partial charge in [-0.15, -0.1) is 0 Å². The average molecular weight is 322 g/mol. The Kier molecular flexibility index (Phi) is 4.46. The van der Waals surface area contributed by atoms with Crippen LogP contribution in [0.4, 0.5) is 5.69 Å². The third-order valence-electron chi connectivity index (χ3n) is 3.04.